The molecule has 228 valence electrons. The van der Waals surface area contributed by atoms with Crippen molar-refractivity contribution >= 4 is 7.82 Å². The Morgan fingerprint density at radius 1 is 0.974 bits per heavy atom. The highest BCUT2D eigenvalue weighted by molar-refractivity contribution is 7.47. The lowest BCUT2D eigenvalue weighted by atomic mass is 9.43. The number of phosphoric ester groups is 1. The molecule has 0 spiro atoms. The van der Waals surface area contributed by atoms with E-state index in [9.17, 15) is 14.6 Å². The van der Waals surface area contributed by atoms with Gasteiger partial charge in [0.15, 0.2) is 0 Å². The van der Waals surface area contributed by atoms with Crippen LogP contribution in [0.5, 0.6) is 0 Å². The van der Waals surface area contributed by atoms with Crippen LogP contribution in [0.15, 0.2) is 0 Å². The van der Waals surface area contributed by atoms with Gasteiger partial charge in [-0.15, -0.1) is 0 Å². The summed E-state index contributed by atoms with van der Waals surface area (Å²) in [5, 5.41) is 10.5. The van der Waals surface area contributed by atoms with Gasteiger partial charge in [0.25, 0.3) is 0 Å². The lowest BCUT2D eigenvalue weighted by Gasteiger charge is -2.63. The van der Waals surface area contributed by atoms with Gasteiger partial charge in [-0.1, -0.05) is 61.3 Å². The van der Waals surface area contributed by atoms with Crippen LogP contribution in [0.1, 0.15) is 119 Å². The number of rotatable bonds is 11. The molecule has 2 N–H and O–H groups in total. The predicted molar refractivity (Wildman–Crippen MR) is 156 cm³/mol. The van der Waals surface area contributed by atoms with Gasteiger partial charge >= 0.3 is 7.82 Å². The van der Waals surface area contributed by atoms with Gasteiger partial charge in [0.05, 0.1) is 32.0 Å². The van der Waals surface area contributed by atoms with Crippen LogP contribution >= 0.6 is 7.82 Å². The normalized spacial score (nSPS) is 42.7. The van der Waals surface area contributed by atoms with E-state index >= 15 is 0 Å². The number of hydrogen-bond donors (Lipinski definition) is 2. The molecule has 0 heterocycles. The molecule has 0 aromatic heterocycles. The van der Waals surface area contributed by atoms with Gasteiger partial charge in [-0.3, -0.25) is 9.05 Å². The first-order chi connectivity index (χ1) is 18.2. The van der Waals surface area contributed by atoms with Crippen molar-refractivity contribution < 1.29 is 28.3 Å². The van der Waals surface area contributed by atoms with Gasteiger partial charge in [0.2, 0.25) is 0 Å². The van der Waals surface area contributed by atoms with Crippen molar-refractivity contribution in [2.24, 2.45) is 51.8 Å². The maximum Gasteiger partial charge on any atom is 0.472 e. The first kappa shape index (κ1) is 32.0. The van der Waals surface area contributed by atoms with Crippen molar-refractivity contribution in [3.8, 4) is 0 Å². The first-order valence-electron chi connectivity index (χ1n) is 16.1. The van der Waals surface area contributed by atoms with Gasteiger partial charge in [0.1, 0.15) is 0 Å². The van der Waals surface area contributed by atoms with Gasteiger partial charge < -0.3 is 14.7 Å². The van der Waals surface area contributed by atoms with Gasteiger partial charge in [-0.2, -0.15) is 0 Å². The second kappa shape index (κ2) is 12.3. The Morgan fingerprint density at radius 3 is 2.38 bits per heavy atom. The molecular weight excluding hydrogens is 511 g/mol. The molecule has 4 aliphatic rings. The van der Waals surface area contributed by atoms with Crippen molar-refractivity contribution in [2.45, 2.75) is 131 Å². The molecule has 39 heavy (non-hydrogen) atoms. The first-order valence-corrected chi connectivity index (χ1v) is 17.6. The Labute approximate surface area is 239 Å². The van der Waals surface area contributed by atoms with Crippen molar-refractivity contribution in [1.82, 2.24) is 0 Å². The van der Waals surface area contributed by atoms with E-state index in [1.807, 2.05) is 0 Å². The maximum absolute atomic E-state index is 12.5. The number of fused-ring (bicyclic) bond motifs is 5. The summed E-state index contributed by atoms with van der Waals surface area (Å²) in [4.78, 5) is 10.2. The molecule has 0 saturated heterocycles. The standard InChI is InChI=1S/C32H59O6P/c1-8-9-22(2)26-12-13-27-25-11-10-23-20-24(33)14-15-31(23,6)28(25)21-29(32(26,27)7)36-18-19-38-39(34,35)37-17-16-30(3,4)5/h22-29,33H,8-21H2,1-7H3,(H,34,35)/t22-,23-,24-,25+,26-,27+,28+,29+,31+,32-/m1/s1. The molecule has 0 amide bonds. The minimum Gasteiger partial charge on any atom is -0.393 e. The molecule has 0 aliphatic heterocycles. The monoisotopic (exact) mass is 570 g/mol. The number of ether oxygens (including phenoxy) is 1. The van der Waals surface area contributed by atoms with E-state index in [1.165, 1.54) is 38.5 Å². The Kier molecular flexibility index (Phi) is 10.1. The maximum atomic E-state index is 12.5. The minimum atomic E-state index is -4.09. The average molecular weight is 571 g/mol. The highest BCUT2D eigenvalue weighted by atomic mass is 31.2. The van der Waals surface area contributed by atoms with Crippen LogP contribution in [0.25, 0.3) is 0 Å². The molecule has 0 bridgehead atoms. The van der Waals surface area contributed by atoms with Gasteiger partial charge in [-0.25, -0.2) is 4.57 Å². The molecule has 4 fully saturated rings. The summed E-state index contributed by atoms with van der Waals surface area (Å²) in [5.74, 6) is 3.97. The van der Waals surface area contributed by atoms with E-state index in [0.717, 1.165) is 31.6 Å². The zero-order chi connectivity index (χ0) is 28.6. The topological polar surface area (TPSA) is 85.2 Å². The lowest BCUT2D eigenvalue weighted by Crippen LogP contribution is -2.59. The van der Waals surface area contributed by atoms with E-state index in [1.54, 1.807) is 0 Å². The summed E-state index contributed by atoms with van der Waals surface area (Å²) in [7, 11) is -4.09. The third-order valence-corrected chi connectivity index (χ3v) is 13.0. The van der Waals surface area contributed by atoms with E-state index in [2.05, 4.69) is 48.5 Å². The van der Waals surface area contributed by atoms with E-state index in [-0.39, 0.29) is 41.7 Å². The summed E-state index contributed by atoms with van der Waals surface area (Å²) in [6.07, 6.45) is 12.4. The van der Waals surface area contributed by atoms with Gasteiger partial charge in [0, 0.05) is 0 Å². The van der Waals surface area contributed by atoms with Crippen LogP contribution in [0.3, 0.4) is 0 Å². The molecule has 4 saturated carbocycles. The fraction of sp³-hybridized carbons (Fsp3) is 1.00. The van der Waals surface area contributed by atoms with Crippen LogP contribution < -0.4 is 0 Å². The molecule has 4 rings (SSSR count). The fourth-order valence-electron chi connectivity index (χ4n) is 9.89. The van der Waals surface area contributed by atoms with Crippen molar-refractivity contribution in [3.63, 3.8) is 0 Å². The number of aliphatic hydroxyl groups is 1. The van der Waals surface area contributed by atoms with E-state index in [0.29, 0.717) is 42.6 Å². The third kappa shape index (κ3) is 6.83. The summed E-state index contributed by atoms with van der Waals surface area (Å²) >= 11 is 0. The third-order valence-electron chi connectivity index (χ3n) is 12.0. The highest BCUT2D eigenvalue weighted by Crippen LogP contribution is 2.69. The molecule has 1 unspecified atom stereocenters. The smallest absolute Gasteiger partial charge is 0.393 e. The Bertz CT molecular complexity index is 858. The Morgan fingerprint density at radius 2 is 1.69 bits per heavy atom. The molecule has 0 radical (unpaired) electrons. The molecule has 11 atom stereocenters. The molecule has 0 aromatic rings. The van der Waals surface area contributed by atoms with Crippen molar-refractivity contribution in [2.75, 3.05) is 19.8 Å². The second-order valence-corrected chi connectivity index (χ2v) is 16.9. The Balaban J connectivity index is 1.47. The quantitative estimate of drug-likeness (QED) is 0.193. The number of hydrogen-bond acceptors (Lipinski definition) is 5. The largest absolute Gasteiger partial charge is 0.472 e. The SMILES string of the molecule is CCC[C@@H](C)[C@H]1CC[C@H]2[C@@H]3CC[C@@H]4C[C@H](O)CC[C@]4(C)[C@H]3C[C@H](OCCOP(=O)(O)OCCC(C)(C)C)[C@]12C. The zero-order valence-electron chi connectivity index (χ0n) is 26.0. The average Bonchev–Trinajstić information content (AvgIpc) is 3.20. The summed E-state index contributed by atoms with van der Waals surface area (Å²) in [6, 6.07) is 0. The van der Waals surface area contributed by atoms with Crippen molar-refractivity contribution in [1.29, 1.82) is 0 Å². The van der Waals surface area contributed by atoms with E-state index < -0.39 is 7.82 Å². The Hall–Kier alpha value is 0.0300. The zero-order valence-corrected chi connectivity index (χ0v) is 26.9. The lowest BCUT2D eigenvalue weighted by molar-refractivity contribution is -0.192. The molecular formula is C32H59O6P. The molecule has 7 heteroatoms. The summed E-state index contributed by atoms with van der Waals surface area (Å²) < 4.78 is 29.8. The summed E-state index contributed by atoms with van der Waals surface area (Å²) in [6.45, 7) is 16.6. The van der Waals surface area contributed by atoms with Crippen LogP contribution in [0.2, 0.25) is 0 Å². The van der Waals surface area contributed by atoms with Crippen LogP contribution in [0, 0.1) is 51.8 Å². The van der Waals surface area contributed by atoms with Gasteiger partial charge in [-0.05, 0) is 110 Å². The van der Waals surface area contributed by atoms with Crippen LogP contribution in [-0.4, -0.2) is 42.0 Å². The van der Waals surface area contributed by atoms with Crippen LogP contribution in [-0.2, 0) is 18.3 Å². The highest BCUT2D eigenvalue weighted by Gasteiger charge is 2.64. The summed E-state index contributed by atoms with van der Waals surface area (Å²) in [5.41, 5.74) is 0.432. The fourth-order valence-corrected chi connectivity index (χ4v) is 10.6. The number of aliphatic hydroxyl groups excluding tert-OH is 1. The number of phosphoric acid groups is 1. The molecule has 6 nitrogen and oxygen atoms in total. The molecule has 4 aliphatic carbocycles. The second-order valence-electron chi connectivity index (χ2n) is 15.4. The predicted octanol–water partition coefficient (Wildman–Crippen LogP) is 8.01. The minimum absolute atomic E-state index is 0.0336. The van der Waals surface area contributed by atoms with E-state index in [4.69, 9.17) is 13.8 Å². The molecule has 0 aromatic carbocycles. The van der Waals surface area contributed by atoms with Crippen LogP contribution in [0.4, 0.5) is 0 Å². The van der Waals surface area contributed by atoms with Crippen molar-refractivity contribution in [3.05, 3.63) is 0 Å².